The molecule has 1 aliphatic rings. The summed E-state index contributed by atoms with van der Waals surface area (Å²) < 4.78 is 0. The summed E-state index contributed by atoms with van der Waals surface area (Å²) in [6.45, 7) is 2.65. The van der Waals surface area contributed by atoms with Gasteiger partial charge in [-0.3, -0.25) is 4.79 Å². The molecule has 138 valence electrons. The summed E-state index contributed by atoms with van der Waals surface area (Å²) in [5.74, 6) is 0.145. The van der Waals surface area contributed by atoms with Gasteiger partial charge >= 0.3 is 0 Å². The molecule has 0 bridgehead atoms. The van der Waals surface area contributed by atoms with Crippen LogP contribution in [0.15, 0.2) is 42.5 Å². The molecule has 0 radical (unpaired) electrons. The summed E-state index contributed by atoms with van der Waals surface area (Å²) in [5, 5.41) is 4.44. The summed E-state index contributed by atoms with van der Waals surface area (Å²) >= 11 is 12.2. The Hall–Kier alpha value is -1.51. The topological polar surface area (TPSA) is 29.1 Å². The molecule has 1 saturated carbocycles. The van der Waals surface area contributed by atoms with Gasteiger partial charge in [0.15, 0.2) is 0 Å². The van der Waals surface area contributed by atoms with Gasteiger partial charge in [-0.15, -0.1) is 0 Å². The molecule has 3 rings (SSSR count). The lowest BCUT2D eigenvalue weighted by Crippen LogP contribution is -2.46. The summed E-state index contributed by atoms with van der Waals surface area (Å²) in [6, 6.07) is 14.0. The molecule has 1 N–H and O–H groups in total. The average Bonchev–Trinajstić information content (AvgIpc) is 2.64. The fourth-order valence-electron chi connectivity index (χ4n) is 3.88. The van der Waals surface area contributed by atoms with Gasteiger partial charge in [-0.1, -0.05) is 78.4 Å². The second kappa shape index (κ2) is 8.45. The summed E-state index contributed by atoms with van der Waals surface area (Å²) in [7, 11) is 0. The predicted octanol–water partition coefficient (Wildman–Crippen LogP) is 5.86. The van der Waals surface area contributed by atoms with Crippen molar-refractivity contribution in [1.82, 2.24) is 5.32 Å². The quantitative estimate of drug-likeness (QED) is 0.681. The maximum atomic E-state index is 13.2. The Morgan fingerprint density at radius 1 is 1.04 bits per heavy atom. The fourth-order valence-corrected chi connectivity index (χ4v) is 4.38. The molecule has 1 aliphatic carbocycles. The van der Waals surface area contributed by atoms with Crippen LogP contribution in [0, 0.1) is 6.92 Å². The van der Waals surface area contributed by atoms with E-state index in [-0.39, 0.29) is 5.91 Å². The third kappa shape index (κ3) is 4.24. The zero-order chi connectivity index (χ0) is 18.6. The highest BCUT2D eigenvalue weighted by atomic mass is 35.5. The first kappa shape index (κ1) is 19.3. The Morgan fingerprint density at radius 2 is 1.73 bits per heavy atom. The molecule has 0 aliphatic heterocycles. The van der Waals surface area contributed by atoms with Crippen LogP contribution in [0.5, 0.6) is 0 Å². The molecule has 0 heterocycles. The SMILES string of the molecule is Cc1ccc(C2(C(=O)NCCc3ccc(Cl)cc3Cl)CCCCC2)cc1. The van der Waals surface area contributed by atoms with Gasteiger partial charge in [0.1, 0.15) is 0 Å². The first-order chi connectivity index (χ1) is 12.5. The monoisotopic (exact) mass is 389 g/mol. The van der Waals surface area contributed by atoms with Crippen LogP contribution in [0.2, 0.25) is 10.0 Å². The van der Waals surface area contributed by atoms with E-state index in [4.69, 9.17) is 23.2 Å². The van der Waals surface area contributed by atoms with Crippen LogP contribution in [0.1, 0.15) is 48.8 Å². The lowest BCUT2D eigenvalue weighted by molar-refractivity contribution is -0.128. The van der Waals surface area contributed by atoms with E-state index >= 15 is 0 Å². The summed E-state index contributed by atoms with van der Waals surface area (Å²) in [6.07, 6.45) is 5.95. The summed E-state index contributed by atoms with van der Waals surface area (Å²) in [5.41, 5.74) is 2.97. The molecule has 4 heteroatoms. The van der Waals surface area contributed by atoms with Crippen molar-refractivity contribution in [3.63, 3.8) is 0 Å². The van der Waals surface area contributed by atoms with Crippen molar-refractivity contribution in [3.8, 4) is 0 Å². The highest BCUT2D eigenvalue weighted by Gasteiger charge is 2.40. The molecule has 2 nitrogen and oxygen atoms in total. The number of benzene rings is 2. The fraction of sp³-hybridized carbons (Fsp3) is 0.409. The van der Waals surface area contributed by atoms with Crippen LogP contribution in [0.4, 0.5) is 0 Å². The molecular formula is C22H25Cl2NO. The van der Waals surface area contributed by atoms with Gasteiger partial charge in [0, 0.05) is 16.6 Å². The lowest BCUT2D eigenvalue weighted by atomic mass is 9.68. The Balaban J connectivity index is 1.71. The minimum Gasteiger partial charge on any atom is -0.355 e. The molecule has 1 fully saturated rings. The molecule has 0 saturated heterocycles. The Morgan fingerprint density at radius 3 is 2.38 bits per heavy atom. The van der Waals surface area contributed by atoms with Crippen LogP contribution >= 0.6 is 23.2 Å². The highest BCUT2D eigenvalue weighted by Crippen LogP contribution is 2.39. The van der Waals surface area contributed by atoms with Crippen molar-refractivity contribution in [2.24, 2.45) is 0 Å². The summed E-state index contributed by atoms with van der Waals surface area (Å²) in [4.78, 5) is 13.2. The zero-order valence-electron chi connectivity index (χ0n) is 15.2. The predicted molar refractivity (Wildman–Crippen MR) is 109 cm³/mol. The standard InChI is InChI=1S/C22H25Cl2NO/c1-16-5-8-18(9-6-16)22(12-3-2-4-13-22)21(26)25-14-11-17-7-10-19(23)15-20(17)24/h5-10,15H,2-4,11-14H2,1H3,(H,25,26). The van der Waals surface area contributed by atoms with E-state index in [1.54, 1.807) is 6.07 Å². The van der Waals surface area contributed by atoms with Gasteiger partial charge in [0.2, 0.25) is 5.91 Å². The largest absolute Gasteiger partial charge is 0.355 e. The lowest BCUT2D eigenvalue weighted by Gasteiger charge is -2.36. The molecule has 2 aromatic rings. The number of carbonyl (C=O) groups excluding carboxylic acids is 1. The Bertz CT molecular complexity index is 764. The van der Waals surface area contributed by atoms with Crippen LogP contribution in [-0.2, 0) is 16.6 Å². The normalized spacial score (nSPS) is 16.3. The maximum absolute atomic E-state index is 13.2. The van der Waals surface area contributed by atoms with Crippen molar-refractivity contribution in [3.05, 3.63) is 69.2 Å². The third-order valence-electron chi connectivity index (χ3n) is 5.44. The maximum Gasteiger partial charge on any atom is 0.230 e. The number of halogens is 2. The van der Waals surface area contributed by atoms with Gasteiger partial charge < -0.3 is 5.32 Å². The van der Waals surface area contributed by atoms with E-state index in [9.17, 15) is 4.79 Å². The molecular weight excluding hydrogens is 365 g/mol. The Labute approximate surface area is 165 Å². The van der Waals surface area contributed by atoms with Crippen molar-refractivity contribution in [2.75, 3.05) is 6.54 Å². The van der Waals surface area contributed by atoms with Gasteiger partial charge in [-0.2, -0.15) is 0 Å². The third-order valence-corrected chi connectivity index (χ3v) is 6.03. The van der Waals surface area contributed by atoms with E-state index in [0.29, 0.717) is 23.0 Å². The molecule has 1 amide bonds. The number of carbonyl (C=O) groups is 1. The van der Waals surface area contributed by atoms with Crippen LogP contribution < -0.4 is 5.32 Å². The highest BCUT2D eigenvalue weighted by molar-refractivity contribution is 6.35. The number of nitrogens with one attached hydrogen (secondary N) is 1. The van der Waals surface area contributed by atoms with Crippen molar-refractivity contribution in [1.29, 1.82) is 0 Å². The number of rotatable bonds is 5. The van der Waals surface area contributed by atoms with Crippen LogP contribution in [0.3, 0.4) is 0 Å². The van der Waals surface area contributed by atoms with Gasteiger partial charge in [0.25, 0.3) is 0 Å². The van der Waals surface area contributed by atoms with Crippen LogP contribution in [-0.4, -0.2) is 12.5 Å². The second-order valence-corrected chi connectivity index (χ2v) is 8.09. The minimum absolute atomic E-state index is 0.145. The van der Waals surface area contributed by atoms with Crippen LogP contribution in [0.25, 0.3) is 0 Å². The zero-order valence-corrected chi connectivity index (χ0v) is 16.7. The molecule has 2 aromatic carbocycles. The van der Waals surface area contributed by atoms with Crippen molar-refractivity contribution >= 4 is 29.1 Å². The minimum atomic E-state index is -0.393. The molecule has 26 heavy (non-hydrogen) atoms. The molecule has 0 atom stereocenters. The van der Waals surface area contributed by atoms with Gasteiger partial charge in [-0.05, 0) is 49.4 Å². The number of amides is 1. The van der Waals surface area contributed by atoms with E-state index in [0.717, 1.165) is 36.8 Å². The second-order valence-electron chi connectivity index (χ2n) is 7.25. The Kier molecular flexibility index (Phi) is 6.26. The molecule has 0 aromatic heterocycles. The number of aryl methyl sites for hydroxylation is 1. The van der Waals surface area contributed by atoms with Crippen molar-refractivity contribution < 1.29 is 4.79 Å². The van der Waals surface area contributed by atoms with E-state index in [1.807, 2.05) is 12.1 Å². The van der Waals surface area contributed by atoms with E-state index in [2.05, 4.69) is 36.5 Å². The number of hydrogen-bond donors (Lipinski definition) is 1. The van der Waals surface area contributed by atoms with E-state index < -0.39 is 5.41 Å². The number of hydrogen-bond acceptors (Lipinski definition) is 1. The molecule has 0 unspecified atom stereocenters. The smallest absolute Gasteiger partial charge is 0.230 e. The van der Waals surface area contributed by atoms with E-state index in [1.165, 1.54) is 12.0 Å². The first-order valence-corrected chi connectivity index (χ1v) is 10.1. The van der Waals surface area contributed by atoms with Gasteiger partial charge in [-0.25, -0.2) is 0 Å². The first-order valence-electron chi connectivity index (χ1n) is 9.31. The molecule has 0 spiro atoms. The van der Waals surface area contributed by atoms with Crippen molar-refractivity contribution in [2.45, 2.75) is 50.9 Å². The average molecular weight is 390 g/mol. The van der Waals surface area contributed by atoms with Gasteiger partial charge in [0.05, 0.1) is 5.41 Å².